The van der Waals surface area contributed by atoms with Crippen molar-refractivity contribution in [3.8, 4) is 0 Å². The van der Waals surface area contributed by atoms with Crippen LogP contribution in [0.1, 0.15) is 5.56 Å². The van der Waals surface area contributed by atoms with Crippen molar-refractivity contribution in [2.75, 3.05) is 0 Å². The van der Waals surface area contributed by atoms with Crippen LogP contribution in [-0.4, -0.2) is 4.98 Å². The van der Waals surface area contributed by atoms with E-state index in [4.69, 9.17) is 0 Å². The van der Waals surface area contributed by atoms with E-state index in [9.17, 15) is 4.79 Å². The normalized spacial score (nSPS) is 10.6. The number of aromatic nitrogens is 1. The van der Waals surface area contributed by atoms with Crippen LogP contribution < -0.4 is 5.56 Å². The molecular weight excluding hydrogens is 182 g/mol. The first-order valence-electron chi connectivity index (χ1n) is 4.01. The van der Waals surface area contributed by atoms with Gasteiger partial charge in [0.1, 0.15) is 0 Å². The van der Waals surface area contributed by atoms with Gasteiger partial charge in [0.25, 0.3) is 5.56 Å². The Kier molecular flexibility index (Phi) is 1.88. The van der Waals surface area contributed by atoms with E-state index in [-0.39, 0.29) is 5.56 Å². The maximum atomic E-state index is 11.3. The van der Waals surface area contributed by atoms with Crippen LogP contribution >= 0.6 is 12.6 Å². The number of rotatable bonds is 0. The Bertz CT molecular complexity index is 516. The summed E-state index contributed by atoms with van der Waals surface area (Å²) in [5.74, 6) is 0. The van der Waals surface area contributed by atoms with E-state index in [1.165, 1.54) is 0 Å². The summed E-state index contributed by atoms with van der Waals surface area (Å²) in [4.78, 5) is 14.9. The summed E-state index contributed by atoms with van der Waals surface area (Å²) in [7, 11) is 0. The Morgan fingerprint density at radius 3 is 2.77 bits per heavy atom. The molecule has 0 radical (unpaired) electrons. The smallest absolute Gasteiger partial charge is 0.252 e. The number of hydrogen-bond acceptors (Lipinski definition) is 2. The lowest BCUT2D eigenvalue weighted by Gasteiger charge is -2.02. The SMILES string of the molecule is Cc1c(S)c2ccccc2[nH]c1=O. The van der Waals surface area contributed by atoms with Gasteiger partial charge >= 0.3 is 0 Å². The molecule has 2 rings (SSSR count). The van der Waals surface area contributed by atoms with E-state index in [0.717, 1.165) is 15.8 Å². The van der Waals surface area contributed by atoms with Crippen molar-refractivity contribution in [2.24, 2.45) is 0 Å². The maximum absolute atomic E-state index is 11.3. The van der Waals surface area contributed by atoms with Crippen molar-refractivity contribution in [3.63, 3.8) is 0 Å². The molecule has 0 spiro atoms. The average molecular weight is 191 g/mol. The lowest BCUT2D eigenvalue weighted by molar-refractivity contribution is 1.18. The molecule has 3 heteroatoms. The van der Waals surface area contributed by atoms with E-state index >= 15 is 0 Å². The van der Waals surface area contributed by atoms with Crippen molar-refractivity contribution in [2.45, 2.75) is 11.8 Å². The molecule has 0 unspecified atom stereocenters. The van der Waals surface area contributed by atoms with Crippen molar-refractivity contribution in [1.29, 1.82) is 0 Å². The Morgan fingerprint density at radius 1 is 1.31 bits per heavy atom. The molecule has 2 nitrogen and oxygen atoms in total. The van der Waals surface area contributed by atoms with Gasteiger partial charge in [0.15, 0.2) is 0 Å². The molecule has 2 aromatic rings. The number of H-pyrrole nitrogens is 1. The van der Waals surface area contributed by atoms with Crippen LogP contribution in [0.5, 0.6) is 0 Å². The van der Waals surface area contributed by atoms with Gasteiger partial charge in [-0.1, -0.05) is 18.2 Å². The zero-order valence-corrected chi connectivity index (χ0v) is 8.06. The highest BCUT2D eigenvalue weighted by Crippen LogP contribution is 2.20. The predicted octanol–water partition coefficient (Wildman–Crippen LogP) is 2.13. The molecule has 0 aliphatic rings. The summed E-state index contributed by atoms with van der Waals surface area (Å²) in [6.45, 7) is 1.77. The number of para-hydroxylation sites is 1. The fourth-order valence-electron chi connectivity index (χ4n) is 1.32. The van der Waals surface area contributed by atoms with Crippen LogP contribution in [0.25, 0.3) is 10.9 Å². The lowest BCUT2D eigenvalue weighted by atomic mass is 10.2. The van der Waals surface area contributed by atoms with Crippen LogP contribution in [-0.2, 0) is 0 Å². The Labute approximate surface area is 81.0 Å². The standard InChI is InChI=1S/C10H9NOS/c1-6-9(13)7-4-2-3-5-8(7)11-10(6)12/h2-5H,1H3,(H2,11,12,13). The van der Waals surface area contributed by atoms with Gasteiger partial charge < -0.3 is 4.98 Å². The van der Waals surface area contributed by atoms with Gasteiger partial charge in [0.05, 0.1) is 0 Å². The molecule has 1 aromatic heterocycles. The highest BCUT2D eigenvalue weighted by atomic mass is 32.1. The van der Waals surface area contributed by atoms with Crippen molar-refractivity contribution < 1.29 is 0 Å². The first-order chi connectivity index (χ1) is 6.20. The minimum atomic E-state index is -0.0660. The number of hydrogen-bond donors (Lipinski definition) is 2. The molecule has 66 valence electrons. The van der Waals surface area contributed by atoms with Crippen LogP contribution in [0.2, 0.25) is 0 Å². The lowest BCUT2D eigenvalue weighted by Crippen LogP contribution is -2.09. The molecule has 0 atom stereocenters. The van der Waals surface area contributed by atoms with Crippen LogP contribution in [0.4, 0.5) is 0 Å². The van der Waals surface area contributed by atoms with Crippen LogP contribution in [0.15, 0.2) is 34.0 Å². The minimum Gasteiger partial charge on any atom is -0.322 e. The topological polar surface area (TPSA) is 32.9 Å². The Morgan fingerprint density at radius 2 is 2.00 bits per heavy atom. The van der Waals surface area contributed by atoms with E-state index in [0.29, 0.717) is 5.56 Å². The number of aromatic amines is 1. The highest BCUT2D eigenvalue weighted by molar-refractivity contribution is 7.80. The minimum absolute atomic E-state index is 0.0660. The summed E-state index contributed by atoms with van der Waals surface area (Å²) in [6.07, 6.45) is 0. The van der Waals surface area contributed by atoms with Crippen molar-refractivity contribution in [1.82, 2.24) is 4.98 Å². The van der Waals surface area contributed by atoms with Crippen molar-refractivity contribution in [3.05, 3.63) is 40.2 Å². The average Bonchev–Trinajstić information content (AvgIpc) is 2.15. The summed E-state index contributed by atoms with van der Waals surface area (Å²) >= 11 is 4.31. The predicted molar refractivity (Wildman–Crippen MR) is 56.6 cm³/mol. The molecule has 1 heterocycles. The van der Waals surface area contributed by atoms with Crippen LogP contribution in [0.3, 0.4) is 0 Å². The van der Waals surface area contributed by atoms with Gasteiger partial charge in [-0.15, -0.1) is 12.6 Å². The third kappa shape index (κ3) is 1.25. The molecule has 0 aliphatic heterocycles. The zero-order chi connectivity index (χ0) is 9.42. The fourth-order valence-corrected chi connectivity index (χ4v) is 1.62. The monoisotopic (exact) mass is 191 g/mol. The quantitative estimate of drug-likeness (QED) is 0.614. The maximum Gasteiger partial charge on any atom is 0.252 e. The van der Waals surface area contributed by atoms with E-state index in [1.54, 1.807) is 6.92 Å². The third-order valence-electron chi connectivity index (χ3n) is 2.13. The number of benzene rings is 1. The van der Waals surface area contributed by atoms with Gasteiger partial charge in [-0.05, 0) is 13.0 Å². The van der Waals surface area contributed by atoms with Gasteiger partial charge in [-0.2, -0.15) is 0 Å². The second kappa shape index (κ2) is 2.92. The first kappa shape index (κ1) is 8.38. The molecule has 1 aromatic carbocycles. The van der Waals surface area contributed by atoms with Gasteiger partial charge in [-0.25, -0.2) is 0 Å². The molecule has 0 saturated heterocycles. The molecular formula is C10H9NOS. The zero-order valence-electron chi connectivity index (χ0n) is 7.16. The first-order valence-corrected chi connectivity index (χ1v) is 4.45. The highest BCUT2D eigenvalue weighted by Gasteiger charge is 2.03. The van der Waals surface area contributed by atoms with Crippen molar-refractivity contribution >= 4 is 23.5 Å². The summed E-state index contributed by atoms with van der Waals surface area (Å²) in [5, 5.41) is 0.989. The molecule has 1 N–H and O–H groups in total. The van der Waals surface area contributed by atoms with E-state index < -0.39 is 0 Å². The summed E-state index contributed by atoms with van der Waals surface area (Å²) in [6, 6.07) is 7.64. The van der Waals surface area contributed by atoms with Crippen LogP contribution in [0, 0.1) is 6.92 Å². The number of thiol groups is 1. The molecule has 13 heavy (non-hydrogen) atoms. The van der Waals surface area contributed by atoms with E-state index in [2.05, 4.69) is 17.6 Å². The Balaban J connectivity index is 3.02. The van der Waals surface area contributed by atoms with Gasteiger partial charge in [0.2, 0.25) is 0 Å². The van der Waals surface area contributed by atoms with Gasteiger partial charge in [0, 0.05) is 21.4 Å². The largest absolute Gasteiger partial charge is 0.322 e. The number of pyridine rings is 1. The fraction of sp³-hybridized carbons (Fsp3) is 0.100. The number of nitrogens with one attached hydrogen (secondary N) is 1. The molecule has 0 amide bonds. The molecule has 0 aliphatic carbocycles. The van der Waals surface area contributed by atoms with E-state index in [1.807, 2.05) is 24.3 Å². The summed E-state index contributed by atoms with van der Waals surface area (Å²) in [5.41, 5.74) is 1.44. The third-order valence-corrected chi connectivity index (χ3v) is 2.70. The second-order valence-corrected chi connectivity index (χ2v) is 3.42. The summed E-state index contributed by atoms with van der Waals surface area (Å²) < 4.78 is 0. The Hall–Kier alpha value is -1.22. The molecule has 0 fully saturated rings. The molecule has 0 bridgehead atoms. The number of fused-ring (bicyclic) bond motifs is 1. The van der Waals surface area contributed by atoms with Gasteiger partial charge in [-0.3, -0.25) is 4.79 Å². The second-order valence-electron chi connectivity index (χ2n) is 2.97. The molecule has 0 saturated carbocycles.